The van der Waals surface area contributed by atoms with Crippen molar-refractivity contribution in [1.82, 2.24) is 9.97 Å². The Bertz CT molecular complexity index is 1210. The number of carbonyl (C=O) groups excluding carboxylic acids is 1. The van der Waals surface area contributed by atoms with Crippen molar-refractivity contribution in [2.75, 3.05) is 36.0 Å². The second-order valence-electron chi connectivity index (χ2n) is 7.83. The first-order valence-electron chi connectivity index (χ1n) is 10.6. The van der Waals surface area contributed by atoms with Crippen molar-refractivity contribution in [2.45, 2.75) is 6.92 Å². The minimum absolute atomic E-state index is 0.0984. The number of anilines is 2. The molecule has 0 atom stereocenters. The molecule has 4 aromatic rings. The average Bonchev–Trinajstić information content (AvgIpc) is 2.84. The molecule has 31 heavy (non-hydrogen) atoms. The van der Waals surface area contributed by atoms with Crippen molar-refractivity contribution in [3.05, 3.63) is 84.4 Å². The van der Waals surface area contributed by atoms with Crippen molar-refractivity contribution in [2.24, 2.45) is 0 Å². The van der Waals surface area contributed by atoms with Gasteiger partial charge in [0.1, 0.15) is 5.82 Å². The number of benzene rings is 3. The Hall–Kier alpha value is -3.73. The highest BCUT2D eigenvalue weighted by molar-refractivity contribution is 5.94. The maximum Gasteiger partial charge on any atom is 0.162 e. The zero-order valence-corrected chi connectivity index (χ0v) is 17.5. The van der Waals surface area contributed by atoms with Gasteiger partial charge >= 0.3 is 0 Å². The van der Waals surface area contributed by atoms with E-state index in [-0.39, 0.29) is 5.78 Å². The van der Waals surface area contributed by atoms with Crippen LogP contribution in [-0.2, 0) is 0 Å². The first kappa shape index (κ1) is 19.2. The Labute approximate surface area is 182 Å². The monoisotopic (exact) mass is 408 g/mol. The summed E-state index contributed by atoms with van der Waals surface area (Å²) in [7, 11) is 0. The lowest BCUT2D eigenvalue weighted by Crippen LogP contribution is -2.47. The van der Waals surface area contributed by atoms with Crippen molar-refractivity contribution in [1.29, 1.82) is 0 Å². The lowest BCUT2D eigenvalue weighted by Gasteiger charge is -2.37. The van der Waals surface area contributed by atoms with E-state index in [0.717, 1.165) is 65.5 Å². The fraction of sp³-hybridized carbons (Fsp3) is 0.192. The van der Waals surface area contributed by atoms with Crippen molar-refractivity contribution < 1.29 is 4.79 Å². The van der Waals surface area contributed by atoms with Crippen LogP contribution in [0.25, 0.3) is 22.3 Å². The zero-order chi connectivity index (χ0) is 21.2. The minimum atomic E-state index is 0.0984. The molecule has 3 aromatic carbocycles. The van der Waals surface area contributed by atoms with Crippen molar-refractivity contribution >= 4 is 28.2 Å². The van der Waals surface area contributed by atoms with Gasteiger partial charge in [-0.1, -0.05) is 42.5 Å². The number of para-hydroxylation sites is 1. The van der Waals surface area contributed by atoms with Gasteiger partial charge in [-0.3, -0.25) is 4.79 Å². The molecule has 5 nitrogen and oxygen atoms in total. The number of nitrogens with zero attached hydrogens (tertiary/aromatic N) is 4. The fourth-order valence-corrected chi connectivity index (χ4v) is 4.10. The summed E-state index contributed by atoms with van der Waals surface area (Å²) < 4.78 is 0. The molecule has 154 valence electrons. The minimum Gasteiger partial charge on any atom is -0.368 e. The Morgan fingerprint density at radius 3 is 2.10 bits per heavy atom. The van der Waals surface area contributed by atoms with Gasteiger partial charge in [-0.15, -0.1) is 0 Å². The van der Waals surface area contributed by atoms with Gasteiger partial charge < -0.3 is 9.80 Å². The van der Waals surface area contributed by atoms with Crippen molar-refractivity contribution in [3.8, 4) is 11.4 Å². The SMILES string of the molecule is CC(=O)c1ccc(N2CCN(c3nc(-c4ccccc4)nc4ccccc34)CC2)cc1. The molecular weight excluding hydrogens is 384 g/mol. The van der Waals surface area contributed by atoms with Gasteiger partial charge in [-0.05, 0) is 43.3 Å². The van der Waals surface area contributed by atoms with Crippen LogP contribution < -0.4 is 9.80 Å². The lowest BCUT2D eigenvalue weighted by molar-refractivity contribution is 0.101. The highest BCUT2D eigenvalue weighted by atomic mass is 16.1. The fourth-order valence-electron chi connectivity index (χ4n) is 4.10. The molecule has 0 saturated carbocycles. The highest BCUT2D eigenvalue weighted by Crippen LogP contribution is 2.29. The van der Waals surface area contributed by atoms with Crippen LogP contribution in [0.5, 0.6) is 0 Å². The molecule has 1 aromatic heterocycles. The van der Waals surface area contributed by atoms with E-state index in [1.807, 2.05) is 54.6 Å². The summed E-state index contributed by atoms with van der Waals surface area (Å²) in [5, 5.41) is 1.08. The average molecular weight is 409 g/mol. The van der Waals surface area contributed by atoms with Gasteiger partial charge in [0.05, 0.1) is 5.52 Å². The molecular formula is C26H24N4O. The van der Waals surface area contributed by atoms with Gasteiger partial charge in [-0.25, -0.2) is 9.97 Å². The molecule has 1 fully saturated rings. The Balaban J connectivity index is 1.42. The summed E-state index contributed by atoms with van der Waals surface area (Å²) in [5.41, 5.74) is 3.90. The van der Waals surface area contributed by atoms with Gasteiger partial charge in [0.25, 0.3) is 0 Å². The predicted octanol–water partition coefficient (Wildman–Crippen LogP) is 4.83. The number of carbonyl (C=O) groups is 1. The molecule has 5 rings (SSSR count). The number of aromatic nitrogens is 2. The molecule has 0 unspecified atom stereocenters. The number of rotatable bonds is 4. The van der Waals surface area contributed by atoms with Crippen LogP contribution in [0, 0.1) is 0 Å². The van der Waals surface area contributed by atoms with E-state index in [2.05, 4.69) is 34.1 Å². The highest BCUT2D eigenvalue weighted by Gasteiger charge is 2.21. The number of ketones is 1. The van der Waals surface area contributed by atoms with Crippen LogP contribution in [0.1, 0.15) is 17.3 Å². The smallest absolute Gasteiger partial charge is 0.162 e. The topological polar surface area (TPSA) is 49.3 Å². The van der Waals surface area contributed by atoms with E-state index in [1.165, 1.54) is 0 Å². The Morgan fingerprint density at radius 2 is 1.39 bits per heavy atom. The molecule has 1 saturated heterocycles. The summed E-state index contributed by atoms with van der Waals surface area (Å²) in [4.78, 5) is 26.1. The van der Waals surface area contributed by atoms with E-state index in [1.54, 1.807) is 6.92 Å². The molecule has 2 heterocycles. The summed E-state index contributed by atoms with van der Waals surface area (Å²) in [6.07, 6.45) is 0. The van der Waals surface area contributed by atoms with E-state index in [9.17, 15) is 4.79 Å². The standard InChI is InChI=1S/C26H24N4O/c1-19(31)20-11-13-22(14-12-20)29-15-17-30(18-16-29)26-23-9-5-6-10-24(23)27-25(28-26)21-7-3-2-4-8-21/h2-14H,15-18H2,1H3. The maximum absolute atomic E-state index is 11.5. The first-order chi connectivity index (χ1) is 15.2. The molecule has 1 aliphatic rings. The van der Waals surface area contributed by atoms with Crippen LogP contribution >= 0.6 is 0 Å². The van der Waals surface area contributed by atoms with Gasteiger partial charge in [0, 0.05) is 48.4 Å². The number of Topliss-reactive ketones (excluding diaryl/α,β-unsaturated/α-hetero) is 1. The zero-order valence-electron chi connectivity index (χ0n) is 17.5. The van der Waals surface area contributed by atoms with Crippen LogP contribution in [0.3, 0.4) is 0 Å². The predicted molar refractivity (Wildman–Crippen MR) is 126 cm³/mol. The Morgan fingerprint density at radius 1 is 0.742 bits per heavy atom. The van der Waals surface area contributed by atoms with Crippen molar-refractivity contribution in [3.63, 3.8) is 0 Å². The van der Waals surface area contributed by atoms with Crippen LogP contribution in [-0.4, -0.2) is 41.9 Å². The van der Waals surface area contributed by atoms with Gasteiger partial charge in [0.2, 0.25) is 0 Å². The quantitative estimate of drug-likeness (QED) is 0.453. The molecule has 0 radical (unpaired) electrons. The third-order valence-corrected chi connectivity index (χ3v) is 5.83. The summed E-state index contributed by atoms with van der Waals surface area (Å²) in [6, 6.07) is 26.3. The number of hydrogen-bond donors (Lipinski definition) is 0. The summed E-state index contributed by atoms with van der Waals surface area (Å²) >= 11 is 0. The number of fused-ring (bicyclic) bond motifs is 1. The van der Waals surface area contributed by atoms with Gasteiger partial charge in [-0.2, -0.15) is 0 Å². The molecule has 0 bridgehead atoms. The van der Waals surface area contributed by atoms with Gasteiger partial charge in [0.15, 0.2) is 11.6 Å². The second kappa shape index (κ2) is 8.19. The summed E-state index contributed by atoms with van der Waals surface area (Å²) in [6.45, 7) is 5.16. The third kappa shape index (κ3) is 3.87. The molecule has 0 N–H and O–H groups in total. The normalized spacial score (nSPS) is 14.1. The molecule has 0 amide bonds. The second-order valence-corrected chi connectivity index (χ2v) is 7.83. The lowest BCUT2D eigenvalue weighted by atomic mass is 10.1. The molecule has 1 aliphatic heterocycles. The summed E-state index contributed by atoms with van der Waals surface area (Å²) in [5.74, 6) is 1.86. The van der Waals surface area contributed by atoms with E-state index in [4.69, 9.17) is 9.97 Å². The van der Waals surface area contributed by atoms with E-state index in [0.29, 0.717) is 0 Å². The maximum atomic E-state index is 11.5. The molecule has 0 spiro atoms. The Kier molecular flexibility index (Phi) is 5.08. The van der Waals surface area contributed by atoms with Crippen LogP contribution in [0.4, 0.5) is 11.5 Å². The largest absolute Gasteiger partial charge is 0.368 e. The van der Waals surface area contributed by atoms with E-state index < -0.39 is 0 Å². The first-order valence-corrected chi connectivity index (χ1v) is 10.6. The molecule has 0 aliphatic carbocycles. The van der Waals surface area contributed by atoms with Crippen LogP contribution in [0.15, 0.2) is 78.9 Å². The number of piperazine rings is 1. The number of hydrogen-bond acceptors (Lipinski definition) is 5. The van der Waals surface area contributed by atoms with Crippen LogP contribution in [0.2, 0.25) is 0 Å². The third-order valence-electron chi connectivity index (χ3n) is 5.83. The van der Waals surface area contributed by atoms with E-state index >= 15 is 0 Å². The molecule has 5 heteroatoms.